The largest absolute Gasteiger partial charge is 0.478 e. The summed E-state index contributed by atoms with van der Waals surface area (Å²) in [6, 6.07) is 8.68. The summed E-state index contributed by atoms with van der Waals surface area (Å²) in [5, 5.41) is 10.4. The molecule has 0 amide bonds. The number of hydrogen-bond acceptors (Lipinski definition) is 3. The minimum absolute atomic E-state index is 0.231. The number of hydrogen-bond donors (Lipinski definition) is 1. The Labute approximate surface area is 121 Å². The van der Waals surface area contributed by atoms with Crippen molar-refractivity contribution in [2.24, 2.45) is 0 Å². The molecular weight excluding hydrogens is 338 g/mol. The number of benzene rings is 1. The van der Waals surface area contributed by atoms with Crippen LogP contribution in [-0.4, -0.2) is 16.1 Å². The maximum atomic E-state index is 11.0. The zero-order valence-corrected chi connectivity index (χ0v) is 12.1. The van der Waals surface area contributed by atoms with E-state index in [9.17, 15) is 4.79 Å². The molecule has 0 saturated heterocycles. The quantitative estimate of drug-likeness (QED) is 0.899. The topological polar surface area (TPSA) is 50.2 Å². The SMILES string of the molecule is O=C(O)c1cc(Sc2ccc(Cl)cn2)ccc1Br. The molecule has 0 fully saturated rings. The van der Waals surface area contributed by atoms with Gasteiger partial charge in [0.25, 0.3) is 0 Å². The highest BCUT2D eigenvalue weighted by Gasteiger charge is 2.09. The van der Waals surface area contributed by atoms with Crippen molar-refractivity contribution in [2.75, 3.05) is 0 Å². The molecular formula is C12H7BrClNO2S. The molecule has 0 atom stereocenters. The molecule has 0 unspecified atom stereocenters. The Balaban J connectivity index is 2.27. The third-order valence-corrected chi connectivity index (χ3v) is 3.95. The summed E-state index contributed by atoms with van der Waals surface area (Å²) in [6.07, 6.45) is 1.56. The summed E-state index contributed by atoms with van der Waals surface area (Å²) in [7, 11) is 0. The monoisotopic (exact) mass is 343 g/mol. The number of halogens is 2. The van der Waals surface area contributed by atoms with E-state index in [4.69, 9.17) is 16.7 Å². The highest BCUT2D eigenvalue weighted by molar-refractivity contribution is 9.10. The first-order chi connectivity index (χ1) is 8.56. The van der Waals surface area contributed by atoms with E-state index in [0.29, 0.717) is 9.50 Å². The lowest BCUT2D eigenvalue weighted by Crippen LogP contribution is -1.97. The molecule has 0 aliphatic heterocycles. The van der Waals surface area contributed by atoms with Gasteiger partial charge in [0.2, 0.25) is 0 Å². The van der Waals surface area contributed by atoms with E-state index in [0.717, 1.165) is 9.92 Å². The minimum atomic E-state index is -0.964. The maximum absolute atomic E-state index is 11.0. The van der Waals surface area contributed by atoms with Gasteiger partial charge < -0.3 is 5.11 Å². The Morgan fingerprint density at radius 2 is 2.11 bits per heavy atom. The van der Waals surface area contributed by atoms with E-state index in [1.54, 1.807) is 30.5 Å². The van der Waals surface area contributed by atoms with E-state index in [-0.39, 0.29) is 5.56 Å². The standard InChI is InChI=1S/C12H7BrClNO2S/c13-10-3-2-8(5-9(10)12(16)17)18-11-4-1-7(14)6-15-11/h1-6H,(H,16,17). The Kier molecular flexibility index (Phi) is 4.27. The third-order valence-electron chi connectivity index (χ3n) is 2.09. The van der Waals surface area contributed by atoms with Crippen molar-refractivity contribution >= 4 is 45.3 Å². The highest BCUT2D eigenvalue weighted by atomic mass is 79.9. The molecule has 2 rings (SSSR count). The molecule has 1 N–H and O–H groups in total. The number of aromatic carboxylic acids is 1. The van der Waals surface area contributed by atoms with Gasteiger partial charge in [0.05, 0.1) is 10.6 Å². The molecule has 6 heteroatoms. The van der Waals surface area contributed by atoms with E-state index < -0.39 is 5.97 Å². The van der Waals surface area contributed by atoms with E-state index >= 15 is 0 Å². The minimum Gasteiger partial charge on any atom is -0.478 e. The molecule has 0 saturated carbocycles. The van der Waals surface area contributed by atoms with Gasteiger partial charge >= 0.3 is 5.97 Å². The zero-order chi connectivity index (χ0) is 13.1. The lowest BCUT2D eigenvalue weighted by molar-refractivity contribution is 0.0695. The first kappa shape index (κ1) is 13.4. The lowest BCUT2D eigenvalue weighted by Gasteiger charge is -2.04. The fraction of sp³-hybridized carbons (Fsp3) is 0. The molecule has 1 aromatic carbocycles. The average molecular weight is 345 g/mol. The second-order valence-corrected chi connectivity index (χ2v) is 5.75. The van der Waals surface area contributed by atoms with Gasteiger partial charge in [0, 0.05) is 15.6 Å². The van der Waals surface area contributed by atoms with Gasteiger partial charge in [0.1, 0.15) is 5.03 Å². The molecule has 0 radical (unpaired) electrons. The predicted octanol–water partition coefficient (Wildman–Crippen LogP) is 4.35. The first-order valence-electron chi connectivity index (χ1n) is 4.88. The van der Waals surface area contributed by atoms with Crippen molar-refractivity contribution in [2.45, 2.75) is 9.92 Å². The smallest absolute Gasteiger partial charge is 0.336 e. The molecule has 3 nitrogen and oxygen atoms in total. The summed E-state index contributed by atoms with van der Waals surface area (Å²) in [6.45, 7) is 0. The summed E-state index contributed by atoms with van der Waals surface area (Å²) in [5.41, 5.74) is 0.231. The van der Waals surface area contributed by atoms with Crippen molar-refractivity contribution in [3.63, 3.8) is 0 Å². The summed E-state index contributed by atoms with van der Waals surface area (Å²) in [4.78, 5) is 16.0. The molecule has 92 valence electrons. The number of aromatic nitrogens is 1. The second-order valence-electron chi connectivity index (χ2n) is 3.36. The van der Waals surface area contributed by atoms with Crippen LogP contribution < -0.4 is 0 Å². The van der Waals surface area contributed by atoms with Crippen molar-refractivity contribution in [1.29, 1.82) is 0 Å². The molecule has 0 bridgehead atoms. The molecule has 0 aliphatic carbocycles. The van der Waals surface area contributed by atoms with Crippen LogP contribution in [0.2, 0.25) is 5.02 Å². The number of carboxylic acid groups (broad SMARTS) is 1. The van der Waals surface area contributed by atoms with Crippen LogP contribution in [-0.2, 0) is 0 Å². The fourth-order valence-electron chi connectivity index (χ4n) is 1.28. The Hall–Kier alpha value is -1.04. The van der Waals surface area contributed by atoms with Crippen LogP contribution in [0.15, 0.2) is 50.9 Å². The number of carboxylic acids is 1. The van der Waals surface area contributed by atoms with Crippen molar-refractivity contribution in [1.82, 2.24) is 4.98 Å². The van der Waals surface area contributed by atoms with Crippen LogP contribution >= 0.6 is 39.3 Å². The number of carbonyl (C=O) groups is 1. The summed E-state index contributed by atoms with van der Waals surface area (Å²) < 4.78 is 0.559. The molecule has 18 heavy (non-hydrogen) atoms. The molecule has 2 aromatic rings. The Bertz CT molecular complexity index is 589. The number of pyridine rings is 1. The summed E-state index contributed by atoms with van der Waals surface area (Å²) in [5.74, 6) is -0.964. The van der Waals surface area contributed by atoms with Gasteiger partial charge in [-0.1, -0.05) is 23.4 Å². The Morgan fingerprint density at radius 3 is 2.72 bits per heavy atom. The average Bonchev–Trinajstić information content (AvgIpc) is 2.34. The van der Waals surface area contributed by atoms with E-state index in [2.05, 4.69) is 20.9 Å². The van der Waals surface area contributed by atoms with Crippen molar-refractivity contribution in [3.05, 3.63) is 51.6 Å². The fourth-order valence-corrected chi connectivity index (χ4v) is 2.60. The van der Waals surface area contributed by atoms with Crippen molar-refractivity contribution in [3.8, 4) is 0 Å². The lowest BCUT2D eigenvalue weighted by atomic mass is 10.2. The summed E-state index contributed by atoms with van der Waals surface area (Å²) >= 11 is 10.3. The van der Waals surface area contributed by atoms with Crippen LogP contribution in [0.3, 0.4) is 0 Å². The van der Waals surface area contributed by atoms with Crippen molar-refractivity contribution < 1.29 is 9.90 Å². The van der Waals surface area contributed by atoms with E-state index in [1.165, 1.54) is 11.8 Å². The van der Waals surface area contributed by atoms with Crippen LogP contribution in [0, 0.1) is 0 Å². The molecule has 0 spiro atoms. The van der Waals surface area contributed by atoms with Gasteiger partial charge in [0.15, 0.2) is 0 Å². The van der Waals surface area contributed by atoms with Crippen LogP contribution in [0.5, 0.6) is 0 Å². The molecule has 0 aliphatic rings. The van der Waals surface area contributed by atoms with Crippen LogP contribution in [0.4, 0.5) is 0 Å². The predicted molar refractivity (Wildman–Crippen MR) is 74.5 cm³/mol. The highest BCUT2D eigenvalue weighted by Crippen LogP contribution is 2.29. The van der Waals surface area contributed by atoms with E-state index in [1.807, 2.05) is 6.07 Å². The second kappa shape index (κ2) is 5.73. The van der Waals surface area contributed by atoms with Gasteiger partial charge in [-0.2, -0.15) is 0 Å². The molecule has 1 heterocycles. The van der Waals surface area contributed by atoms with Crippen LogP contribution in [0.1, 0.15) is 10.4 Å². The van der Waals surface area contributed by atoms with Gasteiger partial charge in [-0.25, -0.2) is 9.78 Å². The third kappa shape index (κ3) is 3.25. The normalized spacial score (nSPS) is 10.3. The van der Waals surface area contributed by atoms with Crippen LogP contribution in [0.25, 0.3) is 0 Å². The number of nitrogens with zero attached hydrogens (tertiary/aromatic N) is 1. The molecule has 1 aromatic heterocycles. The maximum Gasteiger partial charge on any atom is 0.336 e. The van der Waals surface area contributed by atoms with Gasteiger partial charge in [-0.15, -0.1) is 0 Å². The Morgan fingerprint density at radius 1 is 1.33 bits per heavy atom. The van der Waals surface area contributed by atoms with Gasteiger partial charge in [-0.3, -0.25) is 0 Å². The van der Waals surface area contributed by atoms with Gasteiger partial charge in [-0.05, 0) is 46.3 Å². The number of rotatable bonds is 3. The first-order valence-corrected chi connectivity index (χ1v) is 6.87. The zero-order valence-electron chi connectivity index (χ0n) is 8.93.